The van der Waals surface area contributed by atoms with Crippen molar-refractivity contribution in [2.45, 2.75) is 46.2 Å². The first-order chi connectivity index (χ1) is 14.1. The standard InChI is InChI=1S/C23H31N3O3/c1-4-28-21-11-18(12-22(13-21)29-5-2)16-26-8-6-20(7-9-26)25-23(27)19-10-17(3)14-24-15-19/h10-15,20H,4-9,16H2,1-3H3,(H,25,27). The fraction of sp³-hybridized carbons (Fsp3) is 0.478. The molecule has 156 valence electrons. The van der Waals surface area contributed by atoms with Crippen LogP contribution in [0.1, 0.15) is 48.2 Å². The number of ether oxygens (including phenoxy) is 2. The number of nitrogens with zero attached hydrogens (tertiary/aromatic N) is 2. The molecule has 0 atom stereocenters. The molecule has 0 radical (unpaired) electrons. The zero-order chi connectivity index (χ0) is 20.6. The lowest BCUT2D eigenvalue weighted by atomic mass is 10.0. The SMILES string of the molecule is CCOc1cc(CN2CCC(NC(=O)c3cncc(C)c3)CC2)cc(OCC)c1. The highest BCUT2D eigenvalue weighted by Crippen LogP contribution is 2.25. The van der Waals surface area contributed by atoms with Gasteiger partial charge in [0.2, 0.25) is 0 Å². The molecule has 1 aliphatic heterocycles. The minimum absolute atomic E-state index is 0.0366. The summed E-state index contributed by atoms with van der Waals surface area (Å²) < 4.78 is 11.4. The summed E-state index contributed by atoms with van der Waals surface area (Å²) in [6, 6.07) is 8.19. The van der Waals surface area contributed by atoms with E-state index in [-0.39, 0.29) is 11.9 Å². The Hall–Kier alpha value is -2.60. The monoisotopic (exact) mass is 397 g/mol. The van der Waals surface area contributed by atoms with Crippen molar-refractivity contribution in [1.29, 1.82) is 0 Å². The van der Waals surface area contributed by atoms with Gasteiger partial charge in [0.25, 0.3) is 5.91 Å². The summed E-state index contributed by atoms with van der Waals surface area (Å²) >= 11 is 0. The van der Waals surface area contributed by atoms with E-state index >= 15 is 0 Å². The number of pyridine rings is 1. The molecule has 0 unspecified atom stereocenters. The van der Waals surface area contributed by atoms with Gasteiger partial charge in [0.05, 0.1) is 18.8 Å². The van der Waals surface area contributed by atoms with Crippen LogP contribution >= 0.6 is 0 Å². The van der Waals surface area contributed by atoms with Crippen LogP contribution in [0.2, 0.25) is 0 Å². The van der Waals surface area contributed by atoms with E-state index in [9.17, 15) is 4.79 Å². The molecule has 1 aromatic carbocycles. The number of likely N-dealkylation sites (tertiary alicyclic amines) is 1. The largest absolute Gasteiger partial charge is 0.494 e. The van der Waals surface area contributed by atoms with Crippen LogP contribution in [0.15, 0.2) is 36.7 Å². The normalized spacial score (nSPS) is 15.1. The van der Waals surface area contributed by atoms with Crippen LogP contribution in [0.4, 0.5) is 0 Å². The lowest BCUT2D eigenvalue weighted by Crippen LogP contribution is -2.44. The molecule has 6 nitrogen and oxygen atoms in total. The topological polar surface area (TPSA) is 63.7 Å². The Balaban J connectivity index is 1.53. The fourth-order valence-corrected chi connectivity index (χ4v) is 3.66. The van der Waals surface area contributed by atoms with Crippen molar-refractivity contribution < 1.29 is 14.3 Å². The number of carbonyl (C=O) groups excluding carboxylic acids is 1. The maximum Gasteiger partial charge on any atom is 0.253 e. The molecule has 1 N–H and O–H groups in total. The molecule has 1 fully saturated rings. The molecule has 1 aromatic heterocycles. The van der Waals surface area contributed by atoms with Crippen molar-refractivity contribution in [3.05, 3.63) is 53.3 Å². The Bertz CT molecular complexity index is 793. The summed E-state index contributed by atoms with van der Waals surface area (Å²) in [4.78, 5) is 19.0. The number of nitrogens with one attached hydrogen (secondary N) is 1. The second-order valence-corrected chi connectivity index (χ2v) is 7.45. The van der Waals surface area contributed by atoms with E-state index in [0.29, 0.717) is 18.8 Å². The Kier molecular flexibility index (Phi) is 7.47. The highest BCUT2D eigenvalue weighted by molar-refractivity contribution is 5.94. The molecule has 3 rings (SSSR count). The minimum Gasteiger partial charge on any atom is -0.494 e. The molecule has 1 aliphatic rings. The summed E-state index contributed by atoms with van der Waals surface area (Å²) in [6.07, 6.45) is 5.26. The molecule has 0 spiro atoms. The molecule has 0 aliphatic carbocycles. The summed E-state index contributed by atoms with van der Waals surface area (Å²) in [5.74, 6) is 1.66. The van der Waals surface area contributed by atoms with Gasteiger partial charge in [-0.2, -0.15) is 0 Å². The molecule has 2 aromatic rings. The highest BCUT2D eigenvalue weighted by atomic mass is 16.5. The zero-order valence-electron chi connectivity index (χ0n) is 17.6. The van der Waals surface area contributed by atoms with Crippen molar-refractivity contribution in [2.24, 2.45) is 0 Å². The maximum atomic E-state index is 12.4. The van der Waals surface area contributed by atoms with Gasteiger partial charge in [-0.1, -0.05) is 0 Å². The molecular weight excluding hydrogens is 366 g/mol. The van der Waals surface area contributed by atoms with Crippen LogP contribution in [0.5, 0.6) is 11.5 Å². The van der Waals surface area contributed by atoms with E-state index < -0.39 is 0 Å². The summed E-state index contributed by atoms with van der Waals surface area (Å²) in [5.41, 5.74) is 2.81. The number of hydrogen-bond acceptors (Lipinski definition) is 5. The predicted octanol–water partition coefficient (Wildman–Crippen LogP) is 3.58. The van der Waals surface area contributed by atoms with Crippen LogP contribution in [-0.4, -0.2) is 48.1 Å². The van der Waals surface area contributed by atoms with Gasteiger partial charge in [-0.05, 0) is 62.9 Å². The third kappa shape index (κ3) is 6.19. The van der Waals surface area contributed by atoms with E-state index in [1.165, 1.54) is 5.56 Å². The third-order valence-electron chi connectivity index (χ3n) is 5.03. The van der Waals surface area contributed by atoms with Gasteiger partial charge in [-0.15, -0.1) is 0 Å². The quantitative estimate of drug-likeness (QED) is 0.738. The molecule has 0 bridgehead atoms. The van der Waals surface area contributed by atoms with Crippen molar-refractivity contribution in [3.8, 4) is 11.5 Å². The third-order valence-corrected chi connectivity index (χ3v) is 5.03. The van der Waals surface area contributed by atoms with Crippen LogP contribution < -0.4 is 14.8 Å². The van der Waals surface area contributed by atoms with Crippen LogP contribution in [0.3, 0.4) is 0 Å². The molecule has 6 heteroatoms. The van der Waals surface area contributed by atoms with Gasteiger partial charge in [-0.3, -0.25) is 14.7 Å². The first kappa shape index (κ1) is 21.1. The fourth-order valence-electron chi connectivity index (χ4n) is 3.66. The molecule has 0 saturated carbocycles. The van der Waals surface area contributed by atoms with E-state index in [4.69, 9.17) is 9.47 Å². The maximum absolute atomic E-state index is 12.4. The van der Waals surface area contributed by atoms with Gasteiger partial charge in [0.1, 0.15) is 11.5 Å². The highest BCUT2D eigenvalue weighted by Gasteiger charge is 2.21. The van der Waals surface area contributed by atoms with E-state index in [1.807, 2.05) is 32.9 Å². The summed E-state index contributed by atoms with van der Waals surface area (Å²) in [7, 11) is 0. The molecule has 1 saturated heterocycles. The van der Waals surface area contributed by atoms with Gasteiger partial charge in [0.15, 0.2) is 0 Å². The van der Waals surface area contributed by atoms with Crippen molar-refractivity contribution in [3.63, 3.8) is 0 Å². The lowest BCUT2D eigenvalue weighted by molar-refractivity contribution is 0.0908. The smallest absolute Gasteiger partial charge is 0.253 e. The number of rotatable bonds is 8. The molecule has 29 heavy (non-hydrogen) atoms. The average molecular weight is 398 g/mol. The predicted molar refractivity (Wildman–Crippen MR) is 114 cm³/mol. The minimum atomic E-state index is -0.0366. The Morgan fingerprint density at radius 1 is 1.07 bits per heavy atom. The second-order valence-electron chi connectivity index (χ2n) is 7.45. The van der Waals surface area contributed by atoms with Crippen molar-refractivity contribution >= 4 is 5.91 Å². The van der Waals surface area contributed by atoms with Crippen LogP contribution in [0, 0.1) is 6.92 Å². The first-order valence-corrected chi connectivity index (χ1v) is 10.4. The van der Waals surface area contributed by atoms with Crippen LogP contribution in [-0.2, 0) is 6.54 Å². The Morgan fingerprint density at radius 2 is 1.72 bits per heavy atom. The number of amides is 1. The number of benzene rings is 1. The van der Waals surface area contributed by atoms with Gasteiger partial charge < -0.3 is 14.8 Å². The van der Waals surface area contributed by atoms with E-state index in [2.05, 4.69) is 27.3 Å². The number of hydrogen-bond donors (Lipinski definition) is 1. The van der Waals surface area contributed by atoms with Gasteiger partial charge in [0, 0.05) is 44.1 Å². The second kappa shape index (κ2) is 10.3. The molecular formula is C23H31N3O3. The average Bonchev–Trinajstić information content (AvgIpc) is 2.70. The number of carbonyl (C=O) groups is 1. The molecule has 1 amide bonds. The number of piperidine rings is 1. The van der Waals surface area contributed by atoms with E-state index in [1.54, 1.807) is 12.4 Å². The Labute approximate surface area is 173 Å². The van der Waals surface area contributed by atoms with Crippen molar-refractivity contribution in [2.75, 3.05) is 26.3 Å². The van der Waals surface area contributed by atoms with Crippen molar-refractivity contribution in [1.82, 2.24) is 15.2 Å². The van der Waals surface area contributed by atoms with E-state index in [0.717, 1.165) is 49.5 Å². The summed E-state index contributed by atoms with van der Waals surface area (Å²) in [5, 5.41) is 3.15. The Morgan fingerprint density at radius 3 is 2.31 bits per heavy atom. The number of aryl methyl sites for hydroxylation is 1. The first-order valence-electron chi connectivity index (χ1n) is 10.4. The van der Waals surface area contributed by atoms with Gasteiger partial charge in [-0.25, -0.2) is 0 Å². The molecule has 2 heterocycles. The lowest BCUT2D eigenvalue weighted by Gasteiger charge is -2.32. The summed E-state index contributed by atoms with van der Waals surface area (Å²) in [6.45, 7) is 9.92. The van der Waals surface area contributed by atoms with Gasteiger partial charge >= 0.3 is 0 Å². The zero-order valence-corrected chi connectivity index (χ0v) is 17.6. The van der Waals surface area contributed by atoms with Crippen LogP contribution in [0.25, 0.3) is 0 Å². The number of aromatic nitrogens is 1.